The molecule has 1 aromatic carbocycles. The molecule has 0 atom stereocenters. The monoisotopic (exact) mass is 417 g/mol. The van der Waals surface area contributed by atoms with Crippen molar-refractivity contribution in [3.05, 3.63) is 35.9 Å². The summed E-state index contributed by atoms with van der Waals surface area (Å²) in [5.41, 5.74) is 6.75. The Morgan fingerprint density at radius 2 is 1.56 bits per heavy atom. The normalized spacial score (nSPS) is 10.5. The zero-order valence-electron chi connectivity index (χ0n) is 16.7. The summed E-state index contributed by atoms with van der Waals surface area (Å²) >= 11 is 0. The second-order valence-corrected chi connectivity index (χ2v) is 6.47. The molecule has 0 amide bonds. The Kier molecular flexibility index (Phi) is 18.4. The van der Waals surface area contributed by atoms with E-state index in [1.54, 1.807) is 11.9 Å². The first kappa shape index (κ1) is 27.8. The molecule has 1 rings (SSSR count). The zero-order chi connectivity index (χ0) is 18.3. The number of nitrogens with two attached hydrogens (primary N) is 1. The van der Waals surface area contributed by atoms with Crippen LogP contribution >= 0.6 is 24.8 Å². The number of aliphatic imine (C=N–C) groups is 1. The predicted octanol–water partition coefficient (Wildman–Crippen LogP) is 4.94. The molecule has 0 aliphatic heterocycles. The molecule has 0 bridgehead atoms. The van der Waals surface area contributed by atoms with Crippen molar-refractivity contribution in [3.63, 3.8) is 0 Å². The number of guanidine groups is 2. The lowest BCUT2D eigenvalue weighted by molar-refractivity contribution is 0.567. The summed E-state index contributed by atoms with van der Waals surface area (Å²) in [6.45, 7) is 3.69. The molecule has 0 heterocycles. The Balaban J connectivity index is 0. The molecule has 5 nitrogen and oxygen atoms in total. The van der Waals surface area contributed by atoms with Crippen LogP contribution in [-0.4, -0.2) is 30.4 Å². The van der Waals surface area contributed by atoms with Gasteiger partial charge in [-0.3, -0.25) is 10.3 Å². The molecule has 27 heavy (non-hydrogen) atoms. The molecule has 0 fully saturated rings. The van der Waals surface area contributed by atoms with E-state index in [4.69, 9.17) is 11.1 Å². The standard InChI is InChI=1S/C20H35N5.2ClH/c1-3-4-5-6-7-8-9-13-16-23-20(25(2)19(21)22)24-17-18-14-11-10-12-15-18;;/h10-12,14-15H,3-9,13,16-17H2,1-2H3,(H3,21,22)(H,23,24);2*1H. The molecule has 7 heteroatoms. The van der Waals surface area contributed by atoms with E-state index < -0.39 is 0 Å². The Hall–Kier alpha value is -1.46. The molecular weight excluding hydrogens is 381 g/mol. The number of rotatable bonds is 11. The van der Waals surface area contributed by atoms with Crippen LogP contribution < -0.4 is 11.1 Å². The summed E-state index contributed by atoms with van der Waals surface area (Å²) in [7, 11) is 1.77. The van der Waals surface area contributed by atoms with E-state index in [-0.39, 0.29) is 30.8 Å². The number of unbranched alkanes of at least 4 members (excludes halogenated alkanes) is 7. The average Bonchev–Trinajstić information content (AvgIpc) is 2.63. The minimum Gasteiger partial charge on any atom is -0.370 e. The van der Waals surface area contributed by atoms with Crippen molar-refractivity contribution in [1.29, 1.82) is 5.41 Å². The predicted molar refractivity (Wildman–Crippen MR) is 122 cm³/mol. The third-order valence-corrected chi connectivity index (χ3v) is 4.25. The highest BCUT2D eigenvalue weighted by molar-refractivity contribution is 5.96. The van der Waals surface area contributed by atoms with E-state index in [0.29, 0.717) is 12.5 Å². The second kappa shape index (κ2) is 17.9. The third kappa shape index (κ3) is 13.4. The molecule has 0 saturated carbocycles. The minimum absolute atomic E-state index is 0. The second-order valence-electron chi connectivity index (χ2n) is 6.47. The van der Waals surface area contributed by atoms with E-state index in [2.05, 4.69) is 17.2 Å². The molecule has 1 aromatic rings. The van der Waals surface area contributed by atoms with Gasteiger partial charge in [-0.1, -0.05) is 82.2 Å². The molecular formula is C20H37Cl2N5. The topological polar surface area (TPSA) is 77.5 Å². The maximum atomic E-state index is 7.62. The van der Waals surface area contributed by atoms with Crippen LogP contribution in [0.1, 0.15) is 63.9 Å². The molecule has 0 saturated heterocycles. The quantitative estimate of drug-likeness (QED) is 0.271. The highest BCUT2D eigenvalue weighted by Gasteiger charge is 2.08. The summed E-state index contributed by atoms with van der Waals surface area (Å²) < 4.78 is 0. The Bertz CT molecular complexity index is 508. The van der Waals surface area contributed by atoms with Crippen molar-refractivity contribution in [2.24, 2.45) is 10.7 Å². The lowest BCUT2D eigenvalue weighted by atomic mass is 10.1. The van der Waals surface area contributed by atoms with E-state index >= 15 is 0 Å². The maximum absolute atomic E-state index is 7.62. The Labute approximate surface area is 177 Å². The minimum atomic E-state index is -0.00441. The summed E-state index contributed by atoms with van der Waals surface area (Å²) in [6.07, 6.45) is 10.4. The molecule has 0 unspecified atom stereocenters. The summed E-state index contributed by atoms with van der Waals surface area (Å²) in [4.78, 5) is 6.18. The molecule has 0 aromatic heterocycles. The Morgan fingerprint density at radius 3 is 2.11 bits per heavy atom. The molecule has 0 aliphatic rings. The highest BCUT2D eigenvalue weighted by atomic mass is 35.5. The van der Waals surface area contributed by atoms with Crippen molar-refractivity contribution in [2.45, 2.75) is 64.8 Å². The lowest BCUT2D eigenvalue weighted by Gasteiger charge is -2.20. The van der Waals surface area contributed by atoms with E-state index in [0.717, 1.165) is 18.5 Å². The number of benzene rings is 1. The van der Waals surface area contributed by atoms with Crippen LogP contribution in [0.4, 0.5) is 0 Å². The highest BCUT2D eigenvalue weighted by Crippen LogP contribution is 2.08. The van der Waals surface area contributed by atoms with E-state index in [9.17, 15) is 0 Å². The number of nitrogens with one attached hydrogen (secondary N) is 2. The molecule has 4 N–H and O–H groups in total. The van der Waals surface area contributed by atoms with Crippen LogP contribution in [0.25, 0.3) is 0 Å². The van der Waals surface area contributed by atoms with Crippen molar-refractivity contribution < 1.29 is 0 Å². The molecule has 0 radical (unpaired) electrons. The van der Waals surface area contributed by atoms with Gasteiger partial charge in [-0.25, -0.2) is 4.99 Å². The van der Waals surface area contributed by atoms with Gasteiger partial charge in [-0.05, 0) is 12.0 Å². The summed E-state index contributed by atoms with van der Waals surface area (Å²) in [5, 5.41) is 11.0. The number of hydrogen-bond donors (Lipinski definition) is 3. The van der Waals surface area contributed by atoms with Crippen LogP contribution in [0.15, 0.2) is 35.3 Å². The number of nitrogens with zero attached hydrogens (tertiary/aromatic N) is 2. The van der Waals surface area contributed by atoms with Crippen molar-refractivity contribution in [3.8, 4) is 0 Å². The van der Waals surface area contributed by atoms with Gasteiger partial charge in [0.2, 0.25) is 5.96 Å². The maximum Gasteiger partial charge on any atom is 0.200 e. The molecule has 156 valence electrons. The van der Waals surface area contributed by atoms with Gasteiger partial charge < -0.3 is 11.1 Å². The van der Waals surface area contributed by atoms with Gasteiger partial charge in [0.15, 0.2) is 5.96 Å². The van der Waals surface area contributed by atoms with E-state index in [1.165, 1.54) is 44.9 Å². The van der Waals surface area contributed by atoms with Gasteiger partial charge in [-0.15, -0.1) is 24.8 Å². The van der Waals surface area contributed by atoms with Crippen LogP contribution in [0, 0.1) is 5.41 Å². The van der Waals surface area contributed by atoms with Gasteiger partial charge in [-0.2, -0.15) is 0 Å². The van der Waals surface area contributed by atoms with Gasteiger partial charge in [0.25, 0.3) is 0 Å². The molecule has 0 spiro atoms. The first-order chi connectivity index (χ1) is 12.1. The number of halogens is 2. The molecule has 0 aliphatic carbocycles. The van der Waals surface area contributed by atoms with Gasteiger partial charge in [0, 0.05) is 13.6 Å². The average molecular weight is 418 g/mol. The fraction of sp³-hybridized carbons (Fsp3) is 0.600. The van der Waals surface area contributed by atoms with Crippen molar-refractivity contribution in [1.82, 2.24) is 10.2 Å². The van der Waals surface area contributed by atoms with Crippen LogP contribution in [0.3, 0.4) is 0 Å². The third-order valence-electron chi connectivity index (χ3n) is 4.25. The fourth-order valence-corrected chi connectivity index (χ4v) is 2.60. The van der Waals surface area contributed by atoms with Gasteiger partial charge in [0.1, 0.15) is 0 Å². The van der Waals surface area contributed by atoms with Gasteiger partial charge >= 0.3 is 0 Å². The van der Waals surface area contributed by atoms with Crippen molar-refractivity contribution >= 4 is 36.7 Å². The van der Waals surface area contributed by atoms with Gasteiger partial charge in [0.05, 0.1) is 6.54 Å². The number of hydrogen-bond acceptors (Lipinski definition) is 2. The zero-order valence-corrected chi connectivity index (χ0v) is 18.4. The van der Waals surface area contributed by atoms with Crippen LogP contribution in [-0.2, 0) is 6.54 Å². The largest absolute Gasteiger partial charge is 0.370 e. The summed E-state index contributed by atoms with van der Waals surface area (Å²) in [5.74, 6) is 0.662. The van der Waals surface area contributed by atoms with Crippen molar-refractivity contribution in [2.75, 3.05) is 13.6 Å². The lowest BCUT2D eigenvalue weighted by Crippen LogP contribution is -2.45. The Morgan fingerprint density at radius 1 is 1.00 bits per heavy atom. The smallest absolute Gasteiger partial charge is 0.200 e. The van der Waals surface area contributed by atoms with Crippen LogP contribution in [0.2, 0.25) is 0 Å². The fourth-order valence-electron chi connectivity index (χ4n) is 2.60. The SMILES string of the molecule is CCCCCCCCCCNC(=NCc1ccccc1)N(C)C(=N)N.Cl.Cl. The first-order valence-corrected chi connectivity index (χ1v) is 9.55. The first-order valence-electron chi connectivity index (χ1n) is 9.55. The van der Waals surface area contributed by atoms with Crippen LogP contribution in [0.5, 0.6) is 0 Å². The van der Waals surface area contributed by atoms with E-state index in [1.807, 2.05) is 30.3 Å². The summed E-state index contributed by atoms with van der Waals surface area (Å²) in [6, 6.07) is 10.1.